The number of nitrogens with two attached hydrogens (primary N) is 1. The minimum atomic E-state index is 0.780. The molecule has 0 saturated heterocycles. The molecule has 0 unspecified atom stereocenters. The zero-order chi connectivity index (χ0) is 22.2. The van der Waals surface area contributed by atoms with E-state index in [4.69, 9.17) is 5.73 Å². The van der Waals surface area contributed by atoms with Gasteiger partial charge in [-0.3, -0.25) is 0 Å². The largest absolute Gasteiger partial charge is 0.399 e. The maximum atomic E-state index is 5.98. The van der Waals surface area contributed by atoms with Crippen molar-refractivity contribution in [2.45, 2.75) is 0 Å². The Labute approximate surface area is 193 Å². The molecule has 0 aromatic heterocycles. The Balaban J connectivity index is 1.64. The summed E-state index contributed by atoms with van der Waals surface area (Å²) in [5.74, 6) is 0. The summed E-state index contributed by atoms with van der Waals surface area (Å²) in [4.78, 5) is 0. The maximum absolute atomic E-state index is 5.98. The van der Waals surface area contributed by atoms with Gasteiger partial charge in [-0.2, -0.15) is 0 Å². The lowest BCUT2D eigenvalue weighted by molar-refractivity contribution is 1.61. The van der Waals surface area contributed by atoms with E-state index in [1.165, 1.54) is 54.9 Å². The monoisotopic (exact) mass is 421 g/mol. The van der Waals surface area contributed by atoms with Crippen LogP contribution in [0.4, 0.5) is 5.69 Å². The Bertz CT molecular complexity index is 1520. The van der Waals surface area contributed by atoms with Crippen LogP contribution in [0.25, 0.3) is 54.9 Å². The Kier molecular flexibility index (Phi) is 4.66. The summed E-state index contributed by atoms with van der Waals surface area (Å²) in [6.45, 7) is 0. The molecular weight excluding hydrogens is 398 g/mol. The van der Waals surface area contributed by atoms with E-state index in [2.05, 4.69) is 115 Å². The first-order valence-corrected chi connectivity index (χ1v) is 11.2. The summed E-state index contributed by atoms with van der Waals surface area (Å²) in [6, 6.07) is 45.1. The molecule has 2 N–H and O–H groups in total. The highest BCUT2D eigenvalue weighted by atomic mass is 14.5. The minimum Gasteiger partial charge on any atom is -0.399 e. The molecule has 6 aromatic rings. The summed E-state index contributed by atoms with van der Waals surface area (Å²) >= 11 is 0. The molecule has 6 aromatic carbocycles. The second-order valence-electron chi connectivity index (χ2n) is 8.41. The molecule has 0 fully saturated rings. The van der Waals surface area contributed by atoms with Crippen molar-refractivity contribution in [3.63, 3.8) is 0 Å². The van der Waals surface area contributed by atoms with Gasteiger partial charge in [-0.05, 0) is 67.1 Å². The normalized spacial score (nSPS) is 11.2. The fourth-order valence-electron chi connectivity index (χ4n) is 4.86. The van der Waals surface area contributed by atoms with Crippen LogP contribution in [0, 0.1) is 0 Å². The van der Waals surface area contributed by atoms with Crippen molar-refractivity contribution in [1.29, 1.82) is 0 Å². The van der Waals surface area contributed by atoms with Gasteiger partial charge in [-0.1, -0.05) is 115 Å². The molecule has 1 heteroatoms. The number of nitrogen functional groups attached to an aromatic ring is 1. The Hall–Kier alpha value is -4.36. The summed E-state index contributed by atoms with van der Waals surface area (Å²) < 4.78 is 0. The van der Waals surface area contributed by atoms with Gasteiger partial charge in [0.05, 0.1) is 0 Å². The van der Waals surface area contributed by atoms with E-state index in [9.17, 15) is 0 Å². The number of anilines is 1. The van der Waals surface area contributed by atoms with Crippen molar-refractivity contribution in [2.24, 2.45) is 0 Å². The molecule has 0 aliphatic heterocycles. The van der Waals surface area contributed by atoms with Crippen LogP contribution in [0.2, 0.25) is 0 Å². The molecule has 0 spiro atoms. The van der Waals surface area contributed by atoms with Gasteiger partial charge in [0.25, 0.3) is 0 Å². The molecule has 0 radical (unpaired) electrons. The Morgan fingerprint density at radius 3 is 1.09 bits per heavy atom. The van der Waals surface area contributed by atoms with Gasteiger partial charge >= 0.3 is 0 Å². The Morgan fingerprint density at radius 2 is 0.636 bits per heavy atom. The summed E-state index contributed by atoms with van der Waals surface area (Å²) in [5, 5.41) is 5.03. The van der Waals surface area contributed by atoms with Gasteiger partial charge in [0.1, 0.15) is 0 Å². The first-order chi connectivity index (χ1) is 16.3. The van der Waals surface area contributed by atoms with E-state index in [1.54, 1.807) is 0 Å². The molecule has 0 atom stereocenters. The highest BCUT2D eigenvalue weighted by Gasteiger charge is 2.16. The molecule has 0 heterocycles. The van der Waals surface area contributed by atoms with Crippen molar-refractivity contribution < 1.29 is 0 Å². The van der Waals surface area contributed by atoms with Gasteiger partial charge in [0, 0.05) is 5.69 Å². The molecule has 0 aliphatic carbocycles. The SMILES string of the molecule is Nc1ccc(-c2c3ccccc3c(-c3ccc(-c4ccccc4)cc3)c3ccccc23)cc1. The van der Waals surface area contributed by atoms with Crippen molar-refractivity contribution >= 4 is 27.2 Å². The Morgan fingerprint density at radius 1 is 0.303 bits per heavy atom. The van der Waals surface area contributed by atoms with Crippen molar-refractivity contribution in [2.75, 3.05) is 5.73 Å². The number of hydrogen-bond donors (Lipinski definition) is 1. The van der Waals surface area contributed by atoms with Crippen LogP contribution in [0.1, 0.15) is 0 Å². The van der Waals surface area contributed by atoms with Gasteiger partial charge in [0.2, 0.25) is 0 Å². The number of fused-ring (bicyclic) bond motifs is 2. The zero-order valence-electron chi connectivity index (χ0n) is 18.2. The van der Waals surface area contributed by atoms with E-state index in [0.29, 0.717) is 0 Å². The average Bonchev–Trinajstić information content (AvgIpc) is 2.88. The first kappa shape index (κ1) is 19.3. The zero-order valence-corrected chi connectivity index (χ0v) is 18.2. The summed E-state index contributed by atoms with van der Waals surface area (Å²) in [5.41, 5.74) is 14.2. The predicted octanol–water partition coefficient (Wildman–Crippen LogP) is 8.58. The van der Waals surface area contributed by atoms with Crippen molar-refractivity contribution in [3.8, 4) is 33.4 Å². The van der Waals surface area contributed by atoms with Crippen LogP contribution in [0.3, 0.4) is 0 Å². The van der Waals surface area contributed by atoms with E-state index < -0.39 is 0 Å². The molecule has 1 nitrogen and oxygen atoms in total. The topological polar surface area (TPSA) is 26.0 Å². The van der Waals surface area contributed by atoms with Crippen molar-refractivity contribution in [1.82, 2.24) is 0 Å². The number of benzene rings is 6. The van der Waals surface area contributed by atoms with Crippen LogP contribution < -0.4 is 5.73 Å². The molecule has 0 aliphatic rings. The lowest BCUT2D eigenvalue weighted by Crippen LogP contribution is -1.91. The third-order valence-corrected chi connectivity index (χ3v) is 6.41. The van der Waals surface area contributed by atoms with Crippen LogP contribution in [0.15, 0.2) is 127 Å². The third-order valence-electron chi connectivity index (χ3n) is 6.41. The second kappa shape index (κ2) is 7.96. The highest BCUT2D eigenvalue weighted by Crippen LogP contribution is 2.43. The van der Waals surface area contributed by atoms with Crippen molar-refractivity contribution in [3.05, 3.63) is 127 Å². The standard InChI is InChI=1S/C32H23N/c33-26-20-18-25(19-21-26)32-29-12-6-4-10-27(29)31(28-11-5-7-13-30(28)32)24-16-14-23(15-17-24)22-8-2-1-3-9-22/h1-21H,33H2. The van der Waals surface area contributed by atoms with E-state index in [-0.39, 0.29) is 0 Å². The number of rotatable bonds is 3. The van der Waals surface area contributed by atoms with Crippen LogP contribution in [-0.4, -0.2) is 0 Å². The molecule has 0 bridgehead atoms. The quantitative estimate of drug-likeness (QED) is 0.225. The lowest BCUT2D eigenvalue weighted by Gasteiger charge is -2.18. The molecule has 156 valence electrons. The van der Waals surface area contributed by atoms with Gasteiger partial charge < -0.3 is 5.73 Å². The third kappa shape index (κ3) is 3.35. The highest BCUT2D eigenvalue weighted by molar-refractivity contribution is 6.21. The summed E-state index contributed by atoms with van der Waals surface area (Å²) in [6.07, 6.45) is 0. The fourth-order valence-corrected chi connectivity index (χ4v) is 4.86. The maximum Gasteiger partial charge on any atom is 0.0314 e. The summed E-state index contributed by atoms with van der Waals surface area (Å²) in [7, 11) is 0. The first-order valence-electron chi connectivity index (χ1n) is 11.2. The number of hydrogen-bond acceptors (Lipinski definition) is 1. The van der Waals surface area contributed by atoms with Gasteiger partial charge in [-0.25, -0.2) is 0 Å². The van der Waals surface area contributed by atoms with Crippen LogP contribution >= 0.6 is 0 Å². The predicted molar refractivity (Wildman–Crippen MR) is 142 cm³/mol. The van der Waals surface area contributed by atoms with Gasteiger partial charge in [0.15, 0.2) is 0 Å². The molecule has 33 heavy (non-hydrogen) atoms. The molecule has 0 saturated carbocycles. The van der Waals surface area contributed by atoms with Crippen LogP contribution in [0.5, 0.6) is 0 Å². The smallest absolute Gasteiger partial charge is 0.0314 e. The lowest BCUT2D eigenvalue weighted by atomic mass is 9.85. The molecule has 6 rings (SSSR count). The van der Waals surface area contributed by atoms with E-state index in [0.717, 1.165) is 5.69 Å². The second-order valence-corrected chi connectivity index (χ2v) is 8.41. The minimum absolute atomic E-state index is 0.780. The molecular formula is C32H23N. The fraction of sp³-hybridized carbons (Fsp3) is 0. The molecule has 0 amide bonds. The van der Waals surface area contributed by atoms with Gasteiger partial charge in [-0.15, -0.1) is 0 Å². The average molecular weight is 422 g/mol. The van der Waals surface area contributed by atoms with Crippen LogP contribution in [-0.2, 0) is 0 Å². The van der Waals surface area contributed by atoms with E-state index >= 15 is 0 Å². The van der Waals surface area contributed by atoms with E-state index in [1.807, 2.05) is 12.1 Å².